The van der Waals surface area contributed by atoms with Crippen molar-refractivity contribution in [2.75, 3.05) is 5.73 Å². The first-order valence-corrected chi connectivity index (χ1v) is 11.2. The molecule has 1 aliphatic rings. The third-order valence-corrected chi connectivity index (χ3v) is 5.83. The molecule has 4 aromatic rings. The summed E-state index contributed by atoms with van der Waals surface area (Å²) >= 11 is 0. The Bertz CT molecular complexity index is 1480. The summed E-state index contributed by atoms with van der Waals surface area (Å²) in [7, 11) is 0. The highest BCUT2D eigenvalue weighted by Gasteiger charge is 2.31. The van der Waals surface area contributed by atoms with E-state index in [4.69, 9.17) is 10.5 Å². The number of hydrogen-bond donors (Lipinski definition) is 1. The summed E-state index contributed by atoms with van der Waals surface area (Å²) in [6, 6.07) is 10.1. The van der Waals surface area contributed by atoms with Gasteiger partial charge in [0.2, 0.25) is 0 Å². The van der Waals surface area contributed by atoms with Gasteiger partial charge < -0.3 is 10.5 Å². The SMILES string of the molecule is C=C1CC(/C=N/C(=O)OC(C)(C)C)Cc2c1c(-c1cnc3ccccc3c1)c1c(N)ncnn21. The Balaban J connectivity index is 1.60. The number of rotatable bonds is 2. The molecule has 3 heterocycles. The zero-order valence-electron chi connectivity index (χ0n) is 19.4. The Morgan fingerprint density at radius 2 is 2.03 bits per heavy atom. The van der Waals surface area contributed by atoms with Crippen molar-refractivity contribution in [3.8, 4) is 11.1 Å². The van der Waals surface area contributed by atoms with Gasteiger partial charge in [0, 0.05) is 40.4 Å². The molecule has 0 saturated heterocycles. The Morgan fingerprint density at radius 3 is 2.82 bits per heavy atom. The van der Waals surface area contributed by atoms with Crippen LogP contribution in [0.15, 0.2) is 54.4 Å². The van der Waals surface area contributed by atoms with Gasteiger partial charge in [-0.25, -0.2) is 14.3 Å². The van der Waals surface area contributed by atoms with Gasteiger partial charge >= 0.3 is 6.09 Å². The summed E-state index contributed by atoms with van der Waals surface area (Å²) in [6.45, 7) is 9.81. The van der Waals surface area contributed by atoms with Gasteiger partial charge in [-0.05, 0) is 51.3 Å². The van der Waals surface area contributed by atoms with E-state index in [9.17, 15) is 4.79 Å². The van der Waals surface area contributed by atoms with Gasteiger partial charge in [0.15, 0.2) is 5.82 Å². The van der Waals surface area contributed by atoms with Crippen molar-refractivity contribution < 1.29 is 9.53 Å². The lowest BCUT2D eigenvalue weighted by molar-refractivity contribution is 0.0604. The van der Waals surface area contributed by atoms with E-state index in [1.807, 2.05) is 55.7 Å². The van der Waals surface area contributed by atoms with Crippen LogP contribution in [0.2, 0.25) is 0 Å². The number of amides is 1. The van der Waals surface area contributed by atoms with Crippen LogP contribution >= 0.6 is 0 Å². The van der Waals surface area contributed by atoms with E-state index in [2.05, 4.69) is 32.7 Å². The zero-order chi connectivity index (χ0) is 24.0. The molecule has 0 aliphatic heterocycles. The monoisotopic (exact) mass is 454 g/mol. The number of para-hydroxylation sites is 1. The summed E-state index contributed by atoms with van der Waals surface area (Å²) in [5.41, 5.74) is 12.2. The fourth-order valence-electron chi connectivity index (χ4n) is 4.53. The van der Waals surface area contributed by atoms with E-state index in [0.29, 0.717) is 18.7 Å². The van der Waals surface area contributed by atoms with Crippen molar-refractivity contribution in [2.24, 2.45) is 10.9 Å². The van der Waals surface area contributed by atoms with Crippen LogP contribution in [-0.2, 0) is 11.2 Å². The van der Waals surface area contributed by atoms with Crippen LogP contribution in [0.5, 0.6) is 0 Å². The molecule has 1 aliphatic carbocycles. The van der Waals surface area contributed by atoms with Gasteiger partial charge in [0.05, 0.1) is 11.2 Å². The Morgan fingerprint density at radius 1 is 1.24 bits per heavy atom. The summed E-state index contributed by atoms with van der Waals surface area (Å²) in [6.07, 6.45) is 5.64. The number of anilines is 1. The lowest BCUT2D eigenvalue weighted by Gasteiger charge is -2.22. The summed E-state index contributed by atoms with van der Waals surface area (Å²) in [4.78, 5) is 25.0. The number of allylic oxidation sites excluding steroid dienone is 1. The molecule has 8 nitrogen and oxygen atoms in total. The van der Waals surface area contributed by atoms with Gasteiger partial charge in [0.25, 0.3) is 0 Å². The molecule has 0 spiro atoms. The maximum absolute atomic E-state index is 12.1. The molecule has 3 aromatic heterocycles. The van der Waals surface area contributed by atoms with Crippen molar-refractivity contribution in [1.82, 2.24) is 19.6 Å². The molecule has 172 valence electrons. The molecule has 5 rings (SSSR count). The van der Waals surface area contributed by atoms with E-state index in [1.165, 1.54) is 6.33 Å². The molecule has 1 aromatic carbocycles. The van der Waals surface area contributed by atoms with Crippen molar-refractivity contribution in [3.05, 3.63) is 60.7 Å². The van der Waals surface area contributed by atoms with E-state index in [-0.39, 0.29) is 5.92 Å². The second-order valence-corrected chi connectivity index (χ2v) is 9.55. The largest absolute Gasteiger partial charge is 0.442 e. The average Bonchev–Trinajstić information content (AvgIpc) is 3.12. The van der Waals surface area contributed by atoms with Gasteiger partial charge in [-0.2, -0.15) is 10.1 Å². The highest BCUT2D eigenvalue weighted by molar-refractivity contribution is 6.00. The van der Waals surface area contributed by atoms with Crippen molar-refractivity contribution in [2.45, 2.75) is 39.2 Å². The number of carbonyl (C=O) groups is 1. The number of carbonyl (C=O) groups excluding carboxylic acids is 1. The Hall–Kier alpha value is -4.07. The first-order valence-electron chi connectivity index (χ1n) is 11.2. The first-order chi connectivity index (χ1) is 16.2. The molecule has 1 atom stereocenters. The number of nitrogens with two attached hydrogens (primary N) is 1. The van der Waals surface area contributed by atoms with Crippen LogP contribution < -0.4 is 5.73 Å². The van der Waals surface area contributed by atoms with Crippen molar-refractivity contribution >= 4 is 40.1 Å². The minimum Gasteiger partial charge on any atom is -0.442 e. The van der Waals surface area contributed by atoms with Crippen LogP contribution in [0.1, 0.15) is 38.4 Å². The molecule has 0 fully saturated rings. The first kappa shape index (κ1) is 21.8. The molecule has 34 heavy (non-hydrogen) atoms. The Labute approximate surface area is 197 Å². The second-order valence-electron chi connectivity index (χ2n) is 9.55. The standard InChI is InChI=1S/C26H26N6O2/c1-15-9-16(12-29-25(33)34-26(2,3)4)10-20-21(15)22(23-24(27)30-14-31-32(20)23)18-11-17-7-5-6-8-19(17)28-13-18/h5-8,11-14,16H,1,9-10H2,2-4H3,(H2,27,30,31)/b29-12+. The maximum atomic E-state index is 12.1. The van der Waals surface area contributed by atoms with Crippen molar-refractivity contribution in [3.63, 3.8) is 0 Å². The highest BCUT2D eigenvalue weighted by atomic mass is 16.6. The minimum absolute atomic E-state index is 0.0237. The van der Waals surface area contributed by atoms with Crippen molar-refractivity contribution in [1.29, 1.82) is 0 Å². The van der Waals surface area contributed by atoms with Crippen LogP contribution in [-0.4, -0.2) is 37.5 Å². The number of benzene rings is 1. The van der Waals surface area contributed by atoms with Gasteiger partial charge in [-0.15, -0.1) is 0 Å². The molecule has 8 heteroatoms. The number of aromatic nitrogens is 4. The van der Waals surface area contributed by atoms with E-state index < -0.39 is 11.7 Å². The number of fused-ring (bicyclic) bond motifs is 4. The maximum Gasteiger partial charge on any atom is 0.433 e. The molecule has 2 N–H and O–H groups in total. The third kappa shape index (κ3) is 3.91. The van der Waals surface area contributed by atoms with Crippen LogP contribution in [0.4, 0.5) is 10.6 Å². The molecule has 0 bridgehead atoms. The molecular weight excluding hydrogens is 428 g/mol. The van der Waals surface area contributed by atoms with E-state index >= 15 is 0 Å². The lowest BCUT2D eigenvalue weighted by atomic mass is 9.82. The van der Waals surface area contributed by atoms with E-state index in [0.717, 1.165) is 44.4 Å². The molecule has 0 radical (unpaired) electrons. The number of aliphatic imine (C=N–C) groups is 1. The van der Waals surface area contributed by atoms with Crippen LogP contribution in [0.3, 0.4) is 0 Å². The molecule has 1 amide bonds. The number of nitrogen functional groups attached to an aromatic ring is 1. The normalized spacial score (nSPS) is 16.3. The van der Waals surface area contributed by atoms with Crippen LogP contribution in [0, 0.1) is 5.92 Å². The smallest absolute Gasteiger partial charge is 0.433 e. The average molecular weight is 455 g/mol. The zero-order valence-corrected chi connectivity index (χ0v) is 19.4. The topological polar surface area (TPSA) is 108 Å². The predicted octanol–water partition coefficient (Wildman–Crippen LogP) is 5.11. The fraction of sp³-hybridized carbons (Fsp3) is 0.269. The van der Waals surface area contributed by atoms with Gasteiger partial charge in [-0.1, -0.05) is 24.8 Å². The predicted molar refractivity (Wildman–Crippen MR) is 134 cm³/mol. The van der Waals surface area contributed by atoms with E-state index in [1.54, 1.807) is 6.21 Å². The lowest BCUT2D eigenvalue weighted by Crippen LogP contribution is -2.22. The summed E-state index contributed by atoms with van der Waals surface area (Å²) in [5.74, 6) is 0.365. The van der Waals surface area contributed by atoms with Gasteiger partial charge in [-0.3, -0.25) is 4.98 Å². The molecule has 1 unspecified atom stereocenters. The van der Waals surface area contributed by atoms with Crippen LogP contribution in [0.25, 0.3) is 33.1 Å². The number of nitrogens with zero attached hydrogens (tertiary/aromatic N) is 5. The summed E-state index contributed by atoms with van der Waals surface area (Å²) < 4.78 is 7.13. The Kier molecular flexibility index (Phi) is 5.16. The minimum atomic E-state index is -0.599. The molecular formula is C26H26N6O2. The number of pyridine rings is 1. The van der Waals surface area contributed by atoms with Gasteiger partial charge in [0.1, 0.15) is 17.4 Å². The fourth-order valence-corrected chi connectivity index (χ4v) is 4.53. The number of hydrogen-bond acceptors (Lipinski definition) is 6. The number of ether oxygens (including phenoxy) is 1. The third-order valence-electron chi connectivity index (χ3n) is 5.83. The highest BCUT2D eigenvalue weighted by Crippen LogP contribution is 2.44. The second kappa shape index (κ2) is 8.06. The molecule has 0 saturated carbocycles. The quantitative estimate of drug-likeness (QED) is 0.422. The summed E-state index contributed by atoms with van der Waals surface area (Å²) in [5, 5.41) is 5.54.